The lowest BCUT2D eigenvalue weighted by Gasteiger charge is -2.14. The van der Waals surface area contributed by atoms with E-state index in [2.05, 4.69) is 41.9 Å². The van der Waals surface area contributed by atoms with Crippen molar-refractivity contribution in [2.75, 3.05) is 7.11 Å². The van der Waals surface area contributed by atoms with Crippen LogP contribution in [-0.4, -0.2) is 37.9 Å². The van der Waals surface area contributed by atoms with Gasteiger partial charge in [0.15, 0.2) is 10.9 Å². The van der Waals surface area contributed by atoms with Crippen molar-refractivity contribution in [3.63, 3.8) is 0 Å². The van der Waals surface area contributed by atoms with Gasteiger partial charge < -0.3 is 10.1 Å². The molecule has 2 heterocycles. The first-order chi connectivity index (χ1) is 15.4. The highest BCUT2D eigenvalue weighted by Crippen LogP contribution is 2.28. The van der Waals surface area contributed by atoms with Crippen molar-refractivity contribution in [3.05, 3.63) is 63.4 Å². The van der Waals surface area contributed by atoms with Crippen LogP contribution in [0.5, 0.6) is 5.75 Å². The number of carbonyl (C=O) groups is 1. The highest BCUT2D eigenvalue weighted by Gasteiger charge is 2.17. The molecule has 1 amide bonds. The Kier molecular flexibility index (Phi) is 6.49. The number of nitrogens with zero attached hydrogens (tertiary/aromatic N) is 4. The van der Waals surface area contributed by atoms with E-state index in [1.54, 1.807) is 10.6 Å². The number of rotatable bonds is 5. The molecule has 0 spiro atoms. The molecule has 0 atom stereocenters. The van der Waals surface area contributed by atoms with Crippen molar-refractivity contribution >= 4 is 55.5 Å². The normalized spacial score (nSPS) is 10.9. The average molecular weight is 531 g/mol. The molecule has 4 rings (SSSR count). The van der Waals surface area contributed by atoms with Crippen molar-refractivity contribution in [1.29, 1.82) is 0 Å². The minimum absolute atomic E-state index is 0.239. The Labute approximate surface area is 202 Å². The van der Waals surface area contributed by atoms with E-state index in [0.717, 1.165) is 37.0 Å². The second-order valence-electron chi connectivity index (χ2n) is 6.99. The molecule has 32 heavy (non-hydrogen) atoms. The largest absolute Gasteiger partial charge is 0.496 e. The first-order valence-electron chi connectivity index (χ1n) is 9.57. The summed E-state index contributed by atoms with van der Waals surface area (Å²) >= 11 is 10.2. The van der Waals surface area contributed by atoms with E-state index in [-0.39, 0.29) is 11.0 Å². The quantitative estimate of drug-likeness (QED) is 0.376. The number of aryl methyl sites for hydroxylation is 2. The number of thiocarbonyl (C=S) groups is 1. The predicted molar refractivity (Wildman–Crippen MR) is 131 cm³/mol. The van der Waals surface area contributed by atoms with E-state index in [4.69, 9.17) is 17.0 Å². The number of methoxy groups -OCH3 is 1. The van der Waals surface area contributed by atoms with Crippen molar-refractivity contribution in [2.45, 2.75) is 20.4 Å². The summed E-state index contributed by atoms with van der Waals surface area (Å²) in [6.45, 7) is 4.22. The van der Waals surface area contributed by atoms with E-state index < -0.39 is 0 Å². The van der Waals surface area contributed by atoms with Crippen LogP contribution in [0, 0.1) is 13.8 Å². The number of fused-ring (bicyclic) bond motifs is 1. The van der Waals surface area contributed by atoms with Crippen LogP contribution in [0.1, 0.15) is 27.3 Å². The van der Waals surface area contributed by atoms with Gasteiger partial charge in [0.25, 0.3) is 5.91 Å². The highest BCUT2D eigenvalue weighted by molar-refractivity contribution is 9.10. The fourth-order valence-electron chi connectivity index (χ4n) is 3.16. The molecule has 2 aromatic carbocycles. The number of nitrogens with one attached hydrogen (secondary N) is 2. The summed E-state index contributed by atoms with van der Waals surface area (Å²) in [4.78, 5) is 13.4. The maximum atomic E-state index is 12.7. The molecule has 4 aromatic rings. The molecule has 11 heteroatoms. The minimum atomic E-state index is -0.335. The fourth-order valence-corrected chi connectivity index (χ4v) is 4.79. The van der Waals surface area contributed by atoms with Crippen LogP contribution in [0.2, 0.25) is 0 Å². The van der Waals surface area contributed by atoms with Gasteiger partial charge in [-0.25, -0.2) is 0 Å². The molecule has 0 aliphatic heterocycles. The van der Waals surface area contributed by atoms with Crippen molar-refractivity contribution < 1.29 is 9.53 Å². The van der Waals surface area contributed by atoms with Crippen molar-refractivity contribution in [2.24, 2.45) is 0 Å². The summed E-state index contributed by atoms with van der Waals surface area (Å²) in [5, 5.41) is 19.5. The average Bonchev–Trinajstić information content (AvgIpc) is 3.34. The minimum Gasteiger partial charge on any atom is -0.496 e. The number of hydrogen-bond donors (Lipinski definition) is 2. The topological polar surface area (TPSA) is 93.4 Å². The Hall–Kier alpha value is -2.89. The lowest BCUT2D eigenvalue weighted by atomic mass is 10.1. The Morgan fingerprint density at radius 1 is 1.22 bits per heavy atom. The van der Waals surface area contributed by atoms with Gasteiger partial charge in [-0.3, -0.25) is 10.1 Å². The van der Waals surface area contributed by atoms with Crippen LogP contribution < -0.4 is 15.4 Å². The van der Waals surface area contributed by atoms with E-state index in [0.29, 0.717) is 17.9 Å². The maximum absolute atomic E-state index is 12.7. The number of ether oxygens (including phenoxy) is 1. The molecule has 0 saturated carbocycles. The zero-order chi connectivity index (χ0) is 22.8. The molecule has 0 saturated heterocycles. The first-order valence-corrected chi connectivity index (χ1v) is 11.6. The summed E-state index contributed by atoms with van der Waals surface area (Å²) in [5.74, 6) is 0.942. The molecule has 8 nitrogen and oxygen atoms in total. The fraction of sp³-hybridized carbons (Fsp3) is 0.190. The van der Waals surface area contributed by atoms with E-state index in [1.807, 2.05) is 44.2 Å². The molecule has 0 radical (unpaired) electrons. The van der Waals surface area contributed by atoms with Gasteiger partial charge >= 0.3 is 0 Å². The van der Waals surface area contributed by atoms with E-state index in [9.17, 15) is 4.79 Å². The predicted octanol–water partition coefficient (Wildman–Crippen LogP) is 4.05. The molecule has 0 unspecified atom stereocenters. The number of hydrogen-bond acceptors (Lipinski definition) is 7. The second kappa shape index (κ2) is 9.31. The molecule has 0 bridgehead atoms. The number of carbonyl (C=O) groups excluding carboxylic acids is 1. The second-order valence-corrected chi connectivity index (χ2v) is 9.27. The molecule has 164 valence electrons. The van der Waals surface area contributed by atoms with Crippen molar-refractivity contribution in [3.8, 4) is 16.3 Å². The Morgan fingerprint density at radius 2 is 1.97 bits per heavy atom. The van der Waals surface area contributed by atoms with Gasteiger partial charge in [0.1, 0.15) is 10.8 Å². The zero-order valence-corrected chi connectivity index (χ0v) is 20.7. The Balaban J connectivity index is 1.37. The lowest BCUT2D eigenvalue weighted by molar-refractivity contribution is 0.0973. The third-order valence-corrected chi connectivity index (χ3v) is 6.37. The SMILES string of the molecule is COc1c(C)cc(Br)cc1C(=O)NC(=S)NCc1ccc(-c2nn3c(C)nnc3s2)cc1. The summed E-state index contributed by atoms with van der Waals surface area (Å²) in [7, 11) is 1.54. The van der Waals surface area contributed by atoms with Crippen LogP contribution in [0.3, 0.4) is 0 Å². The van der Waals surface area contributed by atoms with E-state index in [1.165, 1.54) is 18.4 Å². The number of amides is 1. The van der Waals surface area contributed by atoms with Crippen LogP contribution in [0.25, 0.3) is 15.5 Å². The molecule has 2 N–H and O–H groups in total. The van der Waals surface area contributed by atoms with Gasteiger partial charge in [-0.1, -0.05) is 51.5 Å². The number of halogens is 1. The standard InChI is InChI=1S/C21H19BrN6O2S2/c1-11-8-15(22)9-16(17(11)30-3)18(29)24-20(31)23-10-13-4-6-14(7-5-13)19-27-28-12(2)25-26-21(28)32-19/h4-9H,10H2,1-3H3,(H2,23,24,29,31). The van der Waals surface area contributed by atoms with Crippen LogP contribution in [0.4, 0.5) is 0 Å². The van der Waals surface area contributed by atoms with Crippen molar-refractivity contribution in [1.82, 2.24) is 30.4 Å². The van der Waals surface area contributed by atoms with E-state index >= 15 is 0 Å². The Bertz CT molecular complexity index is 1320. The number of aromatic nitrogens is 4. The monoisotopic (exact) mass is 530 g/mol. The van der Waals surface area contributed by atoms with Crippen LogP contribution in [-0.2, 0) is 6.54 Å². The molecule has 0 aliphatic carbocycles. The maximum Gasteiger partial charge on any atom is 0.261 e. The third-order valence-electron chi connectivity index (χ3n) is 4.72. The van der Waals surface area contributed by atoms with Gasteiger partial charge in [0, 0.05) is 16.6 Å². The smallest absolute Gasteiger partial charge is 0.261 e. The van der Waals surface area contributed by atoms with Crippen LogP contribution >= 0.6 is 39.5 Å². The lowest BCUT2D eigenvalue weighted by Crippen LogP contribution is -2.39. The number of benzene rings is 2. The molecular formula is C21H19BrN6O2S2. The zero-order valence-electron chi connectivity index (χ0n) is 17.5. The summed E-state index contributed by atoms with van der Waals surface area (Å²) in [6, 6.07) is 11.6. The summed E-state index contributed by atoms with van der Waals surface area (Å²) < 4.78 is 7.90. The molecule has 0 fully saturated rings. The first kappa shape index (κ1) is 22.3. The van der Waals surface area contributed by atoms with Gasteiger partial charge in [-0.05, 0) is 49.3 Å². The van der Waals surface area contributed by atoms with Crippen LogP contribution in [0.15, 0.2) is 40.9 Å². The van der Waals surface area contributed by atoms with Gasteiger partial charge in [0.05, 0.1) is 12.7 Å². The summed E-state index contributed by atoms with van der Waals surface area (Å²) in [5.41, 5.74) is 3.27. The molecule has 2 aromatic heterocycles. The van der Waals surface area contributed by atoms with Gasteiger partial charge in [0.2, 0.25) is 4.96 Å². The Morgan fingerprint density at radius 3 is 2.66 bits per heavy atom. The summed E-state index contributed by atoms with van der Waals surface area (Å²) in [6.07, 6.45) is 0. The van der Waals surface area contributed by atoms with Gasteiger partial charge in [-0.15, -0.1) is 10.2 Å². The molecular weight excluding hydrogens is 512 g/mol. The highest BCUT2D eigenvalue weighted by atomic mass is 79.9. The third kappa shape index (κ3) is 4.64. The molecule has 0 aliphatic rings. The van der Waals surface area contributed by atoms with Gasteiger partial charge in [-0.2, -0.15) is 9.61 Å².